The second-order valence-electron chi connectivity index (χ2n) is 3.77. The summed E-state index contributed by atoms with van der Waals surface area (Å²) in [4.78, 5) is 15.1. The average molecular weight is 211 g/mol. The molecule has 0 radical (unpaired) electrons. The van der Waals surface area contributed by atoms with Gasteiger partial charge in [-0.15, -0.1) is 11.3 Å². The molecule has 1 aliphatic rings. The van der Waals surface area contributed by atoms with Gasteiger partial charge in [-0.2, -0.15) is 0 Å². The van der Waals surface area contributed by atoms with E-state index < -0.39 is 5.97 Å². The number of carboxylic acids is 1. The van der Waals surface area contributed by atoms with E-state index in [-0.39, 0.29) is 5.92 Å². The number of carboxylic acid groups (broad SMARTS) is 1. The summed E-state index contributed by atoms with van der Waals surface area (Å²) in [6, 6.07) is 0. The van der Waals surface area contributed by atoms with Crippen LogP contribution in [0.4, 0.5) is 0 Å². The monoisotopic (exact) mass is 211 g/mol. The lowest BCUT2D eigenvalue weighted by Gasteiger charge is -2.24. The van der Waals surface area contributed by atoms with Crippen molar-refractivity contribution in [3.05, 3.63) is 16.6 Å². The van der Waals surface area contributed by atoms with Gasteiger partial charge in [0.1, 0.15) is 0 Å². The van der Waals surface area contributed by atoms with Crippen molar-refractivity contribution < 1.29 is 9.90 Å². The Hall–Kier alpha value is -0.900. The lowest BCUT2D eigenvalue weighted by atomic mass is 9.82. The van der Waals surface area contributed by atoms with Gasteiger partial charge in [-0.25, -0.2) is 4.98 Å². The predicted molar refractivity (Wildman–Crippen MR) is 54.4 cm³/mol. The Kier molecular flexibility index (Phi) is 2.82. The highest BCUT2D eigenvalue weighted by atomic mass is 32.1. The highest BCUT2D eigenvalue weighted by Crippen LogP contribution is 2.36. The second kappa shape index (κ2) is 4.09. The maximum absolute atomic E-state index is 10.9. The molecular formula is C10H13NO2S. The Balaban J connectivity index is 2.04. The van der Waals surface area contributed by atoms with Gasteiger partial charge in [0.25, 0.3) is 0 Å². The summed E-state index contributed by atoms with van der Waals surface area (Å²) in [6.07, 6.45) is 5.50. The van der Waals surface area contributed by atoms with E-state index in [1.54, 1.807) is 17.5 Å². The van der Waals surface area contributed by atoms with Crippen LogP contribution < -0.4 is 0 Å². The predicted octanol–water partition coefficient (Wildman–Crippen LogP) is 2.50. The maximum atomic E-state index is 10.9. The number of hydrogen-bond acceptors (Lipinski definition) is 3. The summed E-state index contributed by atoms with van der Waals surface area (Å²) in [7, 11) is 0. The summed E-state index contributed by atoms with van der Waals surface area (Å²) in [5, 5.41) is 12.0. The van der Waals surface area contributed by atoms with Gasteiger partial charge in [0.15, 0.2) is 0 Å². The summed E-state index contributed by atoms with van der Waals surface area (Å²) >= 11 is 1.64. The molecular weight excluding hydrogens is 198 g/mol. The molecule has 0 spiro atoms. The third-order valence-corrected chi connectivity index (χ3v) is 3.76. The highest BCUT2D eigenvalue weighted by Gasteiger charge is 2.28. The van der Waals surface area contributed by atoms with E-state index in [1.165, 1.54) is 0 Å². The van der Waals surface area contributed by atoms with Crippen LogP contribution in [0.25, 0.3) is 0 Å². The number of nitrogens with zero attached hydrogens (tertiary/aromatic N) is 1. The smallest absolute Gasteiger partial charge is 0.306 e. The fourth-order valence-corrected chi connectivity index (χ4v) is 2.86. The van der Waals surface area contributed by atoms with Crippen molar-refractivity contribution in [2.24, 2.45) is 5.92 Å². The van der Waals surface area contributed by atoms with Gasteiger partial charge in [-0.3, -0.25) is 4.79 Å². The van der Waals surface area contributed by atoms with Crippen molar-refractivity contribution in [2.45, 2.75) is 31.6 Å². The molecule has 2 rings (SSSR count). The minimum absolute atomic E-state index is 0.155. The summed E-state index contributed by atoms with van der Waals surface area (Å²) in [5.41, 5.74) is 0. The number of aliphatic carboxylic acids is 1. The SMILES string of the molecule is O=C(O)C1CCCC(c2nccs2)C1. The molecule has 0 bridgehead atoms. The molecule has 4 heteroatoms. The molecule has 0 amide bonds. The molecule has 3 nitrogen and oxygen atoms in total. The molecule has 0 saturated heterocycles. The van der Waals surface area contributed by atoms with Crippen molar-refractivity contribution in [3.8, 4) is 0 Å². The summed E-state index contributed by atoms with van der Waals surface area (Å²) < 4.78 is 0. The van der Waals surface area contributed by atoms with E-state index in [0.717, 1.165) is 30.7 Å². The van der Waals surface area contributed by atoms with Gasteiger partial charge in [-0.1, -0.05) is 6.42 Å². The van der Waals surface area contributed by atoms with E-state index >= 15 is 0 Å². The first-order valence-electron chi connectivity index (χ1n) is 4.89. The van der Waals surface area contributed by atoms with Gasteiger partial charge in [0.2, 0.25) is 0 Å². The van der Waals surface area contributed by atoms with Crippen LogP contribution in [0.5, 0.6) is 0 Å². The first kappa shape index (κ1) is 9.65. The van der Waals surface area contributed by atoms with Crippen LogP contribution in [0.3, 0.4) is 0 Å². The molecule has 0 aromatic carbocycles. The lowest BCUT2D eigenvalue weighted by Crippen LogP contribution is -2.21. The fourth-order valence-electron chi connectivity index (χ4n) is 2.07. The molecule has 0 aliphatic heterocycles. The Bertz CT molecular complexity index is 310. The molecule has 1 saturated carbocycles. The van der Waals surface area contributed by atoms with Gasteiger partial charge in [0.05, 0.1) is 10.9 Å². The van der Waals surface area contributed by atoms with Crippen molar-refractivity contribution in [1.82, 2.24) is 4.98 Å². The second-order valence-corrected chi connectivity index (χ2v) is 4.70. The molecule has 1 fully saturated rings. The van der Waals surface area contributed by atoms with Gasteiger partial charge >= 0.3 is 5.97 Å². The molecule has 76 valence electrons. The first-order chi connectivity index (χ1) is 6.77. The number of aromatic nitrogens is 1. The van der Waals surface area contributed by atoms with Crippen LogP contribution in [0.15, 0.2) is 11.6 Å². The molecule has 1 aromatic rings. The average Bonchev–Trinajstić information content (AvgIpc) is 2.71. The molecule has 2 unspecified atom stereocenters. The molecule has 14 heavy (non-hydrogen) atoms. The number of rotatable bonds is 2. The molecule has 1 heterocycles. The van der Waals surface area contributed by atoms with Crippen molar-refractivity contribution in [2.75, 3.05) is 0 Å². The minimum atomic E-state index is -0.647. The zero-order valence-electron chi connectivity index (χ0n) is 7.85. The van der Waals surface area contributed by atoms with Gasteiger partial charge in [-0.05, 0) is 19.3 Å². The van der Waals surface area contributed by atoms with Gasteiger partial charge < -0.3 is 5.11 Å². The standard InChI is InChI=1S/C10H13NO2S/c12-10(13)8-3-1-2-7(6-8)9-11-4-5-14-9/h4-5,7-8H,1-3,6H2,(H,12,13). The van der Waals surface area contributed by atoms with E-state index in [4.69, 9.17) is 5.11 Å². The fraction of sp³-hybridized carbons (Fsp3) is 0.600. The third kappa shape index (κ3) is 1.95. The molecule has 1 N–H and O–H groups in total. The van der Waals surface area contributed by atoms with E-state index in [1.807, 2.05) is 5.38 Å². The molecule has 1 aliphatic carbocycles. The first-order valence-corrected chi connectivity index (χ1v) is 5.77. The number of hydrogen-bond donors (Lipinski definition) is 1. The third-order valence-electron chi connectivity index (χ3n) is 2.82. The minimum Gasteiger partial charge on any atom is -0.481 e. The van der Waals surface area contributed by atoms with E-state index in [0.29, 0.717) is 5.92 Å². The van der Waals surface area contributed by atoms with Crippen molar-refractivity contribution >= 4 is 17.3 Å². The topological polar surface area (TPSA) is 50.2 Å². The van der Waals surface area contributed by atoms with Crippen LogP contribution in [-0.4, -0.2) is 16.1 Å². The van der Waals surface area contributed by atoms with E-state index in [2.05, 4.69) is 4.98 Å². The van der Waals surface area contributed by atoms with E-state index in [9.17, 15) is 4.79 Å². The van der Waals surface area contributed by atoms with Crippen LogP contribution in [0.1, 0.15) is 36.6 Å². The van der Waals surface area contributed by atoms with Gasteiger partial charge in [0, 0.05) is 17.5 Å². The zero-order chi connectivity index (χ0) is 9.97. The molecule has 1 aromatic heterocycles. The van der Waals surface area contributed by atoms with Crippen molar-refractivity contribution in [3.63, 3.8) is 0 Å². The van der Waals surface area contributed by atoms with Crippen LogP contribution in [0.2, 0.25) is 0 Å². The van der Waals surface area contributed by atoms with Crippen LogP contribution in [0, 0.1) is 5.92 Å². The Morgan fingerprint density at radius 2 is 2.43 bits per heavy atom. The highest BCUT2D eigenvalue weighted by molar-refractivity contribution is 7.09. The normalized spacial score (nSPS) is 27.4. The number of thiazole rings is 1. The Morgan fingerprint density at radius 1 is 1.57 bits per heavy atom. The van der Waals surface area contributed by atoms with Crippen molar-refractivity contribution in [1.29, 1.82) is 0 Å². The lowest BCUT2D eigenvalue weighted by molar-refractivity contribution is -0.142. The Labute approximate surface area is 86.8 Å². The summed E-state index contributed by atoms with van der Waals surface area (Å²) in [6.45, 7) is 0. The summed E-state index contributed by atoms with van der Waals surface area (Å²) in [5.74, 6) is -0.422. The van der Waals surface area contributed by atoms with Crippen LogP contribution in [-0.2, 0) is 4.79 Å². The van der Waals surface area contributed by atoms with Crippen LogP contribution >= 0.6 is 11.3 Å². The molecule has 2 atom stereocenters. The zero-order valence-corrected chi connectivity index (χ0v) is 8.67. The largest absolute Gasteiger partial charge is 0.481 e. The maximum Gasteiger partial charge on any atom is 0.306 e. The quantitative estimate of drug-likeness (QED) is 0.817. The number of carbonyl (C=O) groups is 1. The Morgan fingerprint density at radius 3 is 3.07 bits per heavy atom.